The summed E-state index contributed by atoms with van der Waals surface area (Å²) in [6.07, 6.45) is 0. The van der Waals surface area contributed by atoms with Gasteiger partial charge in [-0.2, -0.15) is 11.8 Å². The number of likely N-dealkylation sites (N-methyl/N-ethyl adjacent to an activating group) is 1. The Bertz CT molecular complexity index is 530. The average molecular weight is 329 g/mol. The van der Waals surface area contributed by atoms with Gasteiger partial charge < -0.3 is 9.80 Å². The third-order valence-corrected chi connectivity index (χ3v) is 5.04. The molecule has 0 fully saturated rings. The highest BCUT2D eigenvalue weighted by Gasteiger charge is 2.07. The van der Waals surface area contributed by atoms with E-state index >= 15 is 0 Å². The molecule has 0 atom stereocenters. The molecule has 0 saturated carbocycles. The Hall–Kier alpha value is -1.45. The van der Waals surface area contributed by atoms with Gasteiger partial charge in [-0.15, -0.1) is 0 Å². The summed E-state index contributed by atoms with van der Waals surface area (Å²) in [6.45, 7) is 6.60. The van der Waals surface area contributed by atoms with Crippen LogP contribution in [-0.2, 0) is 5.75 Å². The quantitative estimate of drug-likeness (QED) is 0.598. The van der Waals surface area contributed by atoms with Crippen LogP contribution in [0.1, 0.15) is 12.5 Å². The number of nitrogens with zero attached hydrogens (tertiary/aromatic N) is 2. The number of rotatable bonds is 10. The lowest BCUT2D eigenvalue weighted by Gasteiger charge is -2.27. The first-order valence-electron chi connectivity index (χ1n) is 8.40. The van der Waals surface area contributed by atoms with Crippen molar-refractivity contribution < 1.29 is 0 Å². The number of para-hydroxylation sites is 1. The van der Waals surface area contributed by atoms with Crippen LogP contribution in [0, 0.1) is 0 Å². The molecule has 2 aromatic carbocycles. The molecule has 23 heavy (non-hydrogen) atoms. The topological polar surface area (TPSA) is 6.48 Å². The van der Waals surface area contributed by atoms with Crippen molar-refractivity contribution in [3.8, 4) is 0 Å². The van der Waals surface area contributed by atoms with Crippen LogP contribution in [0.5, 0.6) is 0 Å². The van der Waals surface area contributed by atoms with Crippen molar-refractivity contribution in [2.75, 3.05) is 43.9 Å². The molecule has 0 aliphatic rings. The van der Waals surface area contributed by atoms with Crippen molar-refractivity contribution in [1.29, 1.82) is 0 Å². The lowest BCUT2D eigenvalue weighted by atomic mass is 10.2. The van der Waals surface area contributed by atoms with Gasteiger partial charge in [0.1, 0.15) is 0 Å². The average Bonchev–Trinajstić information content (AvgIpc) is 2.62. The fraction of sp³-hybridized carbons (Fsp3) is 0.400. The Kier molecular flexibility index (Phi) is 8.05. The highest BCUT2D eigenvalue weighted by Crippen LogP contribution is 2.16. The van der Waals surface area contributed by atoms with Gasteiger partial charge in [-0.05, 0) is 31.3 Å². The maximum Gasteiger partial charge on any atom is 0.0366 e. The van der Waals surface area contributed by atoms with Crippen LogP contribution in [0.3, 0.4) is 0 Å². The highest BCUT2D eigenvalue weighted by atomic mass is 32.2. The zero-order chi connectivity index (χ0) is 16.3. The van der Waals surface area contributed by atoms with E-state index in [1.807, 2.05) is 11.8 Å². The minimum absolute atomic E-state index is 1.08. The Morgan fingerprint density at radius 1 is 0.826 bits per heavy atom. The van der Waals surface area contributed by atoms with Crippen molar-refractivity contribution in [3.63, 3.8) is 0 Å². The maximum absolute atomic E-state index is 2.50. The van der Waals surface area contributed by atoms with Gasteiger partial charge >= 0.3 is 0 Å². The second-order valence-electron chi connectivity index (χ2n) is 5.76. The van der Waals surface area contributed by atoms with E-state index < -0.39 is 0 Å². The van der Waals surface area contributed by atoms with E-state index in [1.54, 1.807) is 0 Å². The summed E-state index contributed by atoms with van der Waals surface area (Å²) in [5.74, 6) is 2.25. The molecule has 0 bridgehead atoms. The molecule has 0 aromatic heterocycles. The highest BCUT2D eigenvalue weighted by molar-refractivity contribution is 7.98. The van der Waals surface area contributed by atoms with E-state index in [0.717, 1.165) is 37.7 Å². The summed E-state index contributed by atoms with van der Waals surface area (Å²) in [6, 6.07) is 21.5. The van der Waals surface area contributed by atoms with E-state index in [-0.39, 0.29) is 0 Å². The molecular formula is C20H28N2S. The van der Waals surface area contributed by atoms with Gasteiger partial charge in [0, 0.05) is 36.8 Å². The molecule has 0 unspecified atom stereocenters. The summed E-state index contributed by atoms with van der Waals surface area (Å²) >= 11 is 2.01. The first kappa shape index (κ1) is 17.9. The Labute approximate surface area is 145 Å². The standard InChI is InChI=1S/C20H28N2S/c1-3-21(2)14-15-22(20-12-8-5-9-13-20)16-17-23-18-19-10-6-4-7-11-19/h4-13H,3,14-18H2,1-2H3. The zero-order valence-electron chi connectivity index (χ0n) is 14.3. The maximum atomic E-state index is 2.50. The minimum atomic E-state index is 1.08. The zero-order valence-corrected chi connectivity index (χ0v) is 15.1. The number of hydrogen-bond donors (Lipinski definition) is 0. The predicted molar refractivity (Wildman–Crippen MR) is 104 cm³/mol. The summed E-state index contributed by atoms with van der Waals surface area (Å²) in [5, 5.41) is 0. The minimum Gasteiger partial charge on any atom is -0.369 e. The predicted octanol–water partition coefficient (Wildman–Crippen LogP) is 4.38. The summed E-state index contributed by atoms with van der Waals surface area (Å²) in [7, 11) is 2.19. The summed E-state index contributed by atoms with van der Waals surface area (Å²) in [5.41, 5.74) is 2.74. The molecular weight excluding hydrogens is 300 g/mol. The third kappa shape index (κ3) is 6.67. The van der Waals surface area contributed by atoms with E-state index in [4.69, 9.17) is 0 Å². The van der Waals surface area contributed by atoms with Crippen LogP contribution < -0.4 is 4.90 Å². The Morgan fingerprint density at radius 3 is 2.13 bits per heavy atom. The molecule has 0 heterocycles. The molecule has 124 valence electrons. The fourth-order valence-corrected chi connectivity index (χ4v) is 3.32. The van der Waals surface area contributed by atoms with Gasteiger partial charge in [0.2, 0.25) is 0 Å². The smallest absolute Gasteiger partial charge is 0.0366 e. The molecule has 0 aliphatic heterocycles. The van der Waals surface area contributed by atoms with Crippen LogP contribution in [0.4, 0.5) is 5.69 Å². The van der Waals surface area contributed by atoms with Crippen molar-refractivity contribution in [3.05, 3.63) is 66.2 Å². The van der Waals surface area contributed by atoms with Crippen molar-refractivity contribution in [1.82, 2.24) is 4.90 Å². The first-order valence-corrected chi connectivity index (χ1v) is 9.55. The third-order valence-electron chi connectivity index (χ3n) is 4.03. The summed E-state index contributed by atoms with van der Waals surface area (Å²) in [4.78, 5) is 4.87. The van der Waals surface area contributed by atoms with Crippen LogP contribution in [0.15, 0.2) is 60.7 Å². The van der Waals surface area contributed by atoms with Gasteiger partial charge in [-0.25, -0.2) is 0 Å². The number of hydrogen-bond acceptors (Lipinski definition) is 3. The van der Waals surface area contributed by atoms with Crippen molar-refractivity contribution in [2.24, 2.45) is 0 Å². The summed E-state index contributed by atoms with van der Waals surface area (Å²) < 4.78 is 0. The Morgan fingerprint density at radius 2 is 1.48 bits per heavy atom. The Balaban J connectivity index is 1.82. The number of anilines is 1. The number of benzene rings is 2. The fourth-order valence-electron chi connectivity index (χ4n) is 2.40. The molecule has 2 nitrogen and oxygen atoms in total. The van der Waals surface area contributed by atoms with Gasteiger partial charge in [0.15, 0.2) is 0 Å². The van der Waals surface area contributed by atoms with Crippen LogP contribution in [0.25, 0.3) is 0 Å². The lowest BCUT2D eigenvalue weighted by Crippen LogP contribution is -2.34. The van der Waals surface area contributed by atoms with Gasteiger partial charge in [0.05, 0.1) is 0 Å². The molecule has 0 radical (unpaired) electrons. The first-order chi connectivity index (χ1) is 11.3. The lowest BCUT2D eigenvalue weighted by molar-refractivity contribution is 0.359. The molecule has 2 rings (SSSR count). The normalized spacial score (nSPS) is 10.9. The van der Waals surface area contributed by atoms with E-state index in [0.29, 0.717) is 0 Å². The van der Waals surface area contributed by atoms with Crippen LogP contribution >= 0.6 is 11.8 Å². The largest absolute Gasteiger partial charge is 0.369 e. The van der Waals surface area contributed by atoms with Crippen LogP contribution in [-0.4, -0.2) is 43.9 Å². The molecule has 0 saturated heterocycles. The van der Waals surface area contributed by atoms with E-state index in [2.05, 4.69) is 84.4 Å². The molecule has 0 spiro atoms. The van der Waals surface area contributed by atoms with Gasteiger partial charge in [-0.1, -0.05) is 55.5 Å². The van der Waals surface area contributed by atoms with Crippen molar-refractivity contribution in [2.45, 2.75) is 12.7 Å². The second-order valence-corrected chi connectivity index (χ2v) is 6.86. The molecule has 0 N–H and O–H groups in total. The number of thioether (sulfide) groups is 1. The van der Waals surface area contributed by atoms with Gasteiger partial charge in [-0.3, -0.25) is 0 Å². The molecule has 2 aromatic rings. The van der Waals surface area contributed by atoms with E-state index in [9.17, 15) is 0 Å². The van der Waals surface area contributed by atoms with Crippen LogP contribution in [0.2, 0.25) is 0 Å². The SMILES string of the molecule is CCN(C)CCN(CCSCc1ccccc1)c1ccccc1. The molecule has 0 aliphatic carbocycles. The van der Waals surface area contributed by atoms with Gasteiger partial charge in [0.25, 0.3) is 0 Å². The van der Waals surface area contributed by atoms with E-state index in [1.165, 1.54) is 11.3 Å². The molecule has 3 heteroatoms. The second kappa shape index (κ2) is 10.3. The van der Waals surface area contributed by atoms with Crippen molar-refractivity contribution >= 4 is 17.4 Å². The molecule has 0 amide bonds. The monoisotopic (exact) mass is 328 g/mol.